The summed E-state index contributed by atoms with van der Waals surface area (Å²) in [7, 11) is 1.36. The highest BCUT2D eigenvalue weighted by atomic mass is 35.5. The van der Waals surface area contributed by atoms with Gasteiger partial charge in [-0.25, -0.2) is 14.3 Å². The van der Waals surface area contributed by atoms with Crippen molar-refractivity contribution in [3.63, 3.8) is 0 Å². The molecule has 1 heterocycles. The number of nitrogens with zero attached hydrogens (tertiary/aromatic N) is 2. The van der Waals surface area contributed by atoms with Crippen LogP contribution in [0.1, 0.15) is 16.8 Å². The van der Waals surface area contributed by atoms with E-state index in [1.807, 2.05) is 23.5 Å². The quantitative estimate of drug-likeness (QED) is 0.547. The Morgan fingerprint density at radius 3 is 2.64 bits per heavy atom. The summed E-state index contributed by atoms with van der Waals surface area (Å²) in [6.07, 6.45) is 2.58. The summed E-state index contributed by atoms with van der Waals surface area (Å²) in [6, 6.07) is 6.65. The Balaban J connectivity index is 2.01. The molecule has 0 aliphatic heterocycles. The Labute approximate surface area is 171 Å². The molecule has 2 rings (SSSR count). The maximum absolute atomic E-state index is 11.8. The van der Waals surface area contributed by atoms with Crippen LogP contribution >= 0.6 is 23.2 Å². The minimum absolute atomic E-state index is 0.332. The molecule has 2 N–H and O–H groups in total. The molecule has 0 fully saturated rings. The van der Waals surface area contributed by atoms with Gasteiger partial charge in [-0.1, -0.05) is 41.4 Å². The van der Waals surface area contributed by atoms with Gasteiger partial charge in [0.25, 0.3) is 5.91 Å². The van der Waals surface area contributed by atoms with Gasteiger partial charge in [0.05, 0.1) is 12.2 Å². The minimum atomic E-state index is -0.763. The number of urea groups is 1. The van der Waals surface area contributed by atoms with Gasteiger partial charge < -0.3 is 10.1 Å². The van der Waals surface area contributed by atoms with Crippen LogP contribution in [0.2, 0.25) is 10.2 Å². The van der Waals surface area contributed by atoms with Crippen LogP contribution in [0.5, 0.6) is 0 Å². The summed E-state index contributed by atoms with van der Waals surface area (Å²) in [5.41, 5.74) is 2.00. The number of carbonyl (C=O) groups excluding carboxylic acids is 3. The zero-order chi connectivity index (χ0) is 20.7. The Morgan fingerprint density at radius 1 is 1.25 bits per heavy atom. The lowest BCUT2D eigenvalue weighted by Gasteiger charge is -2.05. The summed E-state index contributed by atoms with van der Waals surface area (Å²) in [4.78, 5) is 34.1. The lowest BCUT2D eigenvalue weighted by Crippen LogP contribution is -2.39. The Kier molecular flexibility index (Phi) is 7.60. The van der Waals surface area contributed by atoms with Crippen molar-refractivity contribution in [3.05, 3.63) is 57.3 Å². The van der Waals surface area contributed by atoms with E-state index in [1.165, 1.54) is 13.1 Å². The molecule has 1 aromatic carbocycles. The number of rotatable bonds is 6. The first kappa shape index (κ1) is 21.5. The van der Waals surface area contributed by atoms with Crippen molar-refractivity contribution >= 4 is 47.2 Å². The first-order chi connectivity index (χ1) is 13.3. The van der Waals surface area contributed by atoms with E-state index < -0.39 is 24.5 Å². The molecule has 8 nitrogen and oxygen atoms in total. The molecule has 28 heavy (non-hydrogen) atoms. The molecule has 3 amide bonds. The molecular formula is C18H18Cl2N4O4. The Hall–Kier alpha value is -2.84. The van der Waals surface area contributed by atoms with Crippen molar-refractivity contribution in [3.8, 4) is 0 Å². The van der Waals surface area contributed by atoms with Crippen molar-refractivity contribution in [2.75, 3.05) is 13.7 Å². The molecule has 10 heteroatoms. The fourth-order valence-corrected chi connectivity index (χ4v) is 2.70. The number of aromatic nitrogens is 2. The van der Waals surface area contributed by atoms with Crippen molar-refractivity contribution in [1.29, 1.82) is 0 Å². The predicted molar refractivity (Wildman–Crippen MR) is 105 cm³/mol. The number of hydrogen-bond donors (Lipinski definition) is 2. The Bertz CT molecular complexity index is 924. The van der Waals surface area contributed by atoms with Gasteiger partial charge in [-0.3, -0.25) is 10.1 Å². The molecule has 0 aliphatic rings. The van der Waals surface area contributed by atoms with Crippen molar-refractivity contribution in [1.82, 2.24) is 20.4 Å². The number of hydrogen-bond acceptors (Lipinski definition) is 5. The molecule has 1 aromatic heterocycles. The lowest BCUT2D eigenvalue weighted by molar-refractivity contribution is -0.143. The van der Waals surface area contributed by atoms with E-state index in [0.29, 0.717) is 28.0 Å². The van der Waals surface area contributed by atoms with Crippen LogP contribution in [0.25, 0.3) is 6.08 Å². The summed E-state index contributed by atoms with van der Waals surface area (Å²) in [5.74, 6) is -1.51. The van der Waals surface area contributed by atoms with E-state index >= 15 is 0 Å². The Morgan fingerprint density at radius 2 is 1.96 bits per heavy atom. The molecule has 0 saturated carbocycles. The number of nitrogens with one attached hydrogen (secondary N) is 2. The molecule has 148 valence electrons. The predicted octanol–water partition coefficient (Wildman–Crippen LogP) is 2.56. The maximum atomic E-state index is 11.8. The molecule has 0 saturated heterocycles. The van der Waals surface area contributed by atoms with Crippen molar-refractivity contribution in [2.45, 2.75) is 13.5 Å². The number of benzene rings is 1. The molecule has 0 unspecified atom stereocenters. The first-order valence-electron chi connectivity index (χ1n) is 8.14. The summed E-state index contributed by atoms with van der Waals surface area (Å²) in [6.45, 7) is 1.53. The zero-order valence-electron chi connectivity index (χ0n) is 15.2. The second-order valence-electron chi connectivity index (χ2n) is 5.61. The number of ether oxygens (including phenoxy) is 1. The lowest BCUT2D eigenvalue weighted by atomic mass is 10.2. The van der Waals surface area contributed by atoms with Gasteiger partial charge in [0.15, 0.2) is 6.61 Å². The number of aryl methyl sites for hydroxylation is 1. The van der Waals surface area contributed by atoms with Crippen molar-refractivity contribution in [2.24, 2.45) is 0 Å². The fraction of sp³-hybridized carbons (Fsp3) is 0.222. The maximum Gasteiger partial charge on any atom is 0.331 e. The van der Waals surface area contributed by atoms with E-state index in [4.69, 9.17) is 27.9 Å². The molecule has 0 radical (unpaired) electrons. The van der Waals surface area contributed by atoms with Gasteiger partial charge >= 0.3 is 12.0 Å². The van der Waals surface area contributed by atoms with Crippen LogP contribution < -0.4 is 10.6 Å². The van der Waals surface area contributed by atoms with Crippen LogP contribution in [0.4, 0.5) is 4.79 Å². The van der Waals surface area contributed by atoms with Crippen molar-refractivity contribution < 1.29 is 19.1 Å². The molecule has 0 aliphatic carbocycles. The monoisotopic (exact) mass is 424 g/mol. The van der Waals surface area contributed by atoms with Crippen LogP contribution in [0.3, 0.4) is 0 Å². The average Bonchev–Trinajstić information content (AvgIpc) is 2.93. The zero-order valence-corrected chi connectivity index (χ0v) is 16.7. The summed E-state index contributed by atoms with van der Waals surface area (Å²) in [5, 5.41) is 9.47. The highest BCUT2D eigenvalue weighted by molar-refractivity contribution is 6.32. The van der Waals surface area contributed by atoms with Gasteiger partial charge in [-0.15, -0.1) is 0 Å². The number of halogens is 2. The standard InChI is InChI=1S/C18H18Cl2N4O4/c1-11-13(7-8-16(26)28-10-15(25)22-18(27)21-2)17(20)24(23-11)9-12-5-3-4-6-14(12)19/h3-8H,9-10H2,1-2H3,(H2,21,22,25,27)/b8-7+. The van der Waals surface area contributed by atoms with Gasteiger partial charge in [-0.05, 0) is 24.6 Å². The smallest absolute Gasteiger partial charge is 0.331 e. The molecule has 0 spiro atoms. The van der Waals surface area contributed by atoms with Crippen LogP contribution in [-0.4, -0.2) is 41.3 Å². The van der Waals surface area contributed by atoms with Gasteiger partial charge in [-0.2, -0.15) is 5.10 Å². The largest absolute Gasteiger partial charge is 0.452 e. The normalized spacial score (nSPS) is 10.7. The van der Waals surface area contributed by atoms with E-state index in [1.54, 1.807) is 17.7 Å². The highest BCUT2D eigenvalue weighted by Crippen LogP contribution is 2.24. The number of amides is 3. The summed E-state index contributed by atoms with van der Waals surface area (Å²) >= 11 is 12.5. The highest BCUT2D eigenvalue weighted by Gasteiger charge is 2.13. The summed E-state index contributed by atoms with van der Waals surface area (Å²) < 4.78 is 6.33. The van der Waals surface area contributed by atoms with Gasteiger partial charge in [0, 0.05) is 23.7 Å². The van der Waals surface area contributed by atoms with E-state index in [9.17, 15) is 14.4 Å². The topological polar surface area (TPSA) is 102 Å². The number of esters is 1. The van der Waals surface area contributed by atoms with E-state index in [2.05, 4.69) is 10.4 Å². The van der Waals surface area contributed by atoms with E-state index in [-0.39, 0.29) is 0 Å². The molecule has 0 bridgehead atoms. The molecular weight excluding hydrogens is 407 g/mol. The fourth-order valence-electron chi connectivity index (χ4n) is 2.21. The van der Waals surface area contributed by atoms with Gasteiger partial charge in [0.2, 0.25) is 0 Å². The van der Waals surface area contributed by atoms with Crippen LogP contribution in [-0.2, 0) is 20.9 Å². The third-order valence-corrected chi connectivity index (χ3v) is 4.37. The molecule has 2 aromatic rings. The van der Waals surface area contributed by atoms with Crippen LogP contribution in [0, 0.1) is 6.92 Å². The third kappa shape index (κ3) is 5.83. The average molecular weight is 425 g/mol. The molecule has 0 atom stereocenters. The SMILES string of the molecule is CNC(=O)NC(=O)COC(=O)/C=C/c1c(C)nn(Cc2ccccc2Cl)c1Cl. The third-order valence-electron chi connectivity index (χ3n) is 3.60. The van der Waals surface area contributed by atoms with E-state index in [0.717, 1.165) is 11.6 Å². The number of imide groups is 1. The van der Waals surface area contributed by atoms with Gasteiger partial charge in [0.1, 0.15) is 5.15 Å². The number of carbonyl (C=O) groups is 3. The minimum Gasteiger partial charge on any atom is -0.452 e. The second kappa shape index (κ2) is 9.91. The first-order valence-corrected chi connectivity index (χ1v) is 8.90. The van der Waals surface area contributed by atoms with Crippen LogP contribution in [0.15, 0.2) is 30.3 Å². The second-order valence-corrected chi connectivity index (χ2v) is 6.37.